The summed E-state index contributed by atoms with van der Waals surface area (Å²) in [6, 6.07) is 18.7. The fourth-order valence-electron chi connectivity index (χ4n) is 3.97. The molecule has 0 amide bonds. The fraction of sp³-hybridized carbons (Fsp3) is 0.318. The molecule has 0 radical (unpaired) electrons. The third-order valence-electron chi connectivity index (χ3n) is 5.22. The lowest BCUT2D eigenvalue weighted by atomic mass is 9.93. The van der Waals surface area contributed by atoms with E-state index in [0.717, 1.165) is 22.3 Å². The zero-order valence-corrected chi connectivity index (χ0v) is 15.0. The molecule has 25 heavy (non-hydrogen) atoms. The molecule has 0 bridgehead atoms. The fourth-order valence-corrected chi connectivity index (χ4v) is 3.97. The third kappa shape index (κ3) is 3.70. The molecule has 1 saturated carbocycles. The van der Waals surface area contributed by atoms with E-state index in [-0.39, 0.29) is 24.2 Å². The van der Waals surface area contributed by atoms with E-state index < -0.39 is 0 Å². The standard InChI is InChI=1S/C22H23NO.ClH/c24-22-19-14-8-7-13-18(19)21(23-17-11-5-2-6-12-17)20(22)15-16-9-3-1-4-10-16;/h1,3-4,7-10,13-15,17,21,23H,2,5-6,11-12H2;1H/p-1. The first-order valence-electron chi connectivity index (χ1n) is 8.99. The summed E-state index contributed by atoms with van der Waals surface area (Å²) in [5.41, 5.74) is 3.96. The summed E-state index contributed by atoms with van der Waals surface area (Å²) in [6.07, 6.45) is 8.40. The van der Waals surface area contributed by atoms with Gasteiger partial charge in [-0.3, -0.25) is 4.79 Å². The van der Waals surface area contributed by atoms with Crippen molar-refractivity contribution in [1.82, 2.24) is 5.32 Å². The Balaban J connectivity index is 0.00000182. The maximum absolute atomic E-state index is 12.9. The first-order valence-corrected chi connectivity index (χ1v) is 8.99. The predicted molar refractivity (Wildman–Crippen MR) is 97.9 cm³/mol. The first kappa shape index (κ1) is 17.9. The Morgan fingerprint density at radius 2 is 1.56 bits per heavy atom. The molecular weight excluding hydrogens is 330 g/mol. The van der Waals surface area contributed by atoms with Gasteiger partial charge < -0.3 is 17.7 Å². The second kappa shape index (κ2) is 7.99. The Bertz CT molecular complexity index is 763. The van der Waals surface area contributed by atoms with Crippen LogP contribution >= 0.6 is 0 Å². The quantitative estimate of drug-likeness (QED) is 0.855. The number of rotatable bonds is 3. The maximum atomic E-state index is 12.9. The van der Waals surface area contributed by atoms with Crippen molar-refractivity contribution in [2.24, 2.45) is 0 Å². The number of carbonyl (C=O) groups excluding carboxylic acids is 1. The van der Waals surface area contributed by atoms with E-state index in [1.54, 1.807) is 0 Å². The summed E-state index contributed by atoms with van der Waals surface area (Å²) in [5, 5.41) is 3.79. The smallest absolute Gasteiger partial charge is 0.191 e. The minimum Gasteiger partial charge on any atom is -1.00 e. The molecule has 3 heteroatoms. The minimum absolute atomic E-state index is 0. The lowest BCUT2D eigenvalue weighted by Gasteiger charge is -2.27. The van der Waals surface area contributed by atoms with Crippen LogP contribution in [-0.4, -0.2) is 11.8 Å². The minimum atomic E-state index is 0. The van der Waals surface area contributed by atoms with Gasteiger partial charge in [-0.1, -0.05) is 73.9 Å². The van der Waals surface area contributed by atoms with Gasteiger partial charge in [0.1, 0.15) is 0 Å². The van der Waals surface area contributed by atoms with Crippen molar-refractivity contribution >= 4 is 11.9 Å². The Kier molecular flexibility index (Phi) is 5.72. The van der Waals surface area contributed by atoms with Gasteiger partial charge in [0.05, 0.1) is 6.04 Å². The number of ketones is 1. The number of hydrogen-bond donors (Lipinski definition) is 1. The van der Waals surface area contributed by atoms with Crippen molar-refractivity contribution in [3.05, 3.63) is 76.9 Å². The number of carbonyl (C=O) groups is 1. The second-order valence-electron chi connectivity index (χ2n) is 6.86. The third-order valence-corrected chi connectivity index (χ3v) is 5.22. The molecule has 2 aromatic rings. The van der Waals surface area contributed by atoms with Crippen LogP contribution in [0.2, 0.25) is 0 Å². The molecule has 2 aliphatic carbocycles. The van der Waals surface area contributed by atoms with Crippen LogP contribution in [0.4, 0.5) is 0 Å². The van der Waals surface area contributed by atoms with E-state index in [9.17, 15) is 4.79 Å². The summed E-state index contributed by atoms with van der Waals surface area (Å²) in [6.45, 7) is 0. The van der Waals surface area contributed by atoms with Crippen LogP contribution in [0.1, 0.15) is 59.6 Å². The van der Waals surface area contributed by atoms with Crippen LogP contribution < -0.4 is 17.7 Å². The highest BCUT2D eigenvalue weighted by molar-refractivity contribution is 6.16. The van der Waals surface area contributed by atoms with E-state index >= 15 is 0 Å². The summed E-state index contributed by atoms with van der Waals surface area (Å²) in [4.78, 5) is 12.9. The number of Topliss-reactive ketones (excluding diaryl/α,β-unsaturated/α-hetero) is 1. The van der Waals surface area contributed by atoms with Crippen LogP contribution in [0.25, 0.3) is 6.08 Å². The number of benzene rings is 2. The van der Waals surface area contributed by atoms with Gasteiger partial charge in [-0.05, 0) is 30.0 Å². The molecule has 1 atom stereocenters. The topological polar surface area (TPSA) is 29.1 Å². The molecule has 0 saturated heterocycles. The summed E-state index contributed by atoms with van der Waals surface area (Å²) < 4.78 is 0. The van der Waals surface area contributed by atoms with Crippen LogP contribution in [0, 0.1) is 0 Å². The Labute approximate surface area is 155 Å². The van der Waals surface area contributed by atoms with Crippen LogP contribution in [0.15, 0.2) is 60.2 Å². The molecule has 0 aromatic heterocycles. The molecule has 1 unspecified atom stereocenters. The largest absolute Gasteiger partial charge is 1.00 e. The number of fused-ring (bicyclic) bond motifs is 1. The Hall–Kier alpha value is -1.90. The van der Waals surface area contributed by atoms with E-state index in [1.165, 1.54) is 32.1 Å². The number of halogens is 1. The maximum Gasteiger partial charge on any atom is 0.191 e. The highest BCUT2D eigenvalue weighted by Crippen LogP contribution is 2.38. The van der Waals surface area contributed by atoms with Crippen molar-refractivity contribution in [3.63, 3.8) is 0 Å². The lowest BCUT2D eigenvalue weighted by Crippen LogP contribution is -3.00. The van der Waals surface area contributed by atoms with Gasteiger partial charge >= 0.3 is 0 Å². The Morgan fingerprint density at radius 3 is 2.32 bits per heavy atom. The molecule has 0 aliphatic heterocycles. The molecule has 2 nitrogen and oxygen atoms in total. The van der Waals surface area contributed by atoms with E-state index in [2.05, 4.69) is 29.6 Å². The molecule has 4 rings (SSSR count). The van der Waals surface area contributed by atoms with Gasteiger partial charge in [0, 0.05) is 17.2 Å². The SMILES string of the molecule is O=C1C(=Cc2ccccc2)C(NC2CCCCC2)c2ccccc21.[Cl-]. The summed E-state index contributed by atoms with van der Waals surface area (Å²) in [5.74, 6) is 0.169. The van der Waals surface area contributed by atoms with Crippen LogP contribution in [0.3, 0.4) is 0 Å². The first-order chi connectivity index (χ1) is 11.8. The summed E-state index contributed by atoms with van der Waals surface area (Å²) >= 11 is 0. The average Bonchev–Trinajstić information content (AvgIpc) is 2.90. The number of hydrogen-bond acceptors (Lipinski definition) is 2. The number of nitrogens with one attached hydrogen (secondary N) is 1. The summed E-state index contributed by atoms with van der Waals surface area (Å²) in [7, 11) is 0. The zero-order valence-electron chi connectivity index (χ0n) is 14.2. The van der Waals surface area contributed by atoms with Gasteiger partial charge in [-0.2, -0.15) is 0 Å². The van der Waals surface area contributed by atoms with Gasteiger partial charge in [-0.15, -0.1) is 0 Å². The molecule has 0 spiro atoms. The average molecular weight is 353 g/mol. The van der Waals surface area contributed by atoms with E-state index in [4.69, 9.17) is 0 Å². The van der Waals surface area contributed by atoms with Crippen molar-refractivity contribution in [2.75, 3.05) is 0 Å². The van der Waals surface area contributed by atoms with Crippen LogP contribution in [-0.2, 0) is 0 Å². The molecule has 0 heterocycles. The predicted octanol–water partition coefficient (Wildman–Crippen LogP) is 1.93. The highest BCUT2D eigenvalue weighted by Gasteiger charge is 2.35. The van der Waals surface area contributed by atoms with Gasteiger partial charge in [0.15, 0.2) is 5.78 Å². The highest BCUT2D eigenvalue weighted by atomic mass is 35.5. The Morgan fingerprint density at radius 1 is 0.880 bits per heavy atom. The molecule has 2 aromatic carbocycles. The van der Waals surface area contributed by atoms with Crippen molar-refractivity contribution < 1.29 is 17.2 Å². The van der Waals surface area contributed by atoms with Gasteiger partial charge in [0.2, 0.25) is 0 Å². The van der Waals surface area contributed by atoms with E-state index in [1.807, 2.05) is 36.4 Å². The molecule has 130 valence electrons. The van der Waals surface area contributed by atoms with E-state index in [0.29, 0.717) is 6.04 Å². The molecular formula is C22H23ClNO-. The van der Waals surface area contributed by atoms with Crippen molar-refractivity contribution in [3.8, 4) is 0 Å². The van der Waals surface area contributed by atoms with Crippen molar-refractivity contribution in [2.45, 2.75) is 44.2 Å². The second-order valence-corrected chi connectivity index (χ2v) is 6.86. The monoisotopic (exact) mass is 352 g/mol. The molecule has 1 N–H and O–H groups in total. The lowest BCUT2D eigenvalue weighted by molar-refractivity contribution is -0.0000122. The van der Waals surface area contributed by atoms with Gasteiger partial charge in [-0.25, -0.2) is 0 Å². The van der Waals surface area contributed by atoms with Crippen LogP contribution in [0.5, 0.6) is 0 Å². The molecule has 2 aliphatic rings. The molecule has 1 fully saturated rings. The normalized spacial score (nSPS) is 21.8. The zero-order chi connectivity index (χ0) is 16.4. The van der Waals surface area contributed by atoms with Gasteiger partial charge in [0.25, 0.3) is 0 Å². The van der Waals surface area contributed by atoms with Crippen molar-refractivity contribution in [1.29, 1.82) is 0 Å².